The molecule has 0 amide bonds. The molecule has 0 spiro atoms. The van der Waals surface area contributed by atoms with Gasteiger partial charge in [-0.15, -0.1) is 0 Å². The maximum atomic E-state index is 10.4. The van der Waals surface area contributed by atoms with Gasteiger partial charge in [-0.05, 0) is 36.5 Å². The minimum absolute atomic E-state index is 0.206. The van der Waals surface area contributed by atoms with Crippen molar-refractivity contribution in [3.8, 4) is 0 Å². The molecular weight excluding hydrogens is 282 g/mol. The van der Waals surface area contributed by atoms with E-state index in [9.17, 15) is 4.79 Å². The minimum atomic E-state index is -0.736. The molecule has 4 heteroatoms. The van der Waals surface area contributed by atoms with Crippen molar-refractivity contribution in [3.63, 3.8) is 0 Å². The van der Waals surface area contributed by atoms with Gasteiger partial charge in [0.15, 0.2) is 0 Å². The second kappa shape index (κ2) is 5.65. The lowest BCUT2D eigenvalue weighted by molar-refractivity contribution is -0.136. The lowest BCUT2D eigenvalue weighted by Gasteiger charge is -2.36. The molecule has 1 aromatic carbocycles. The molecule has 92 valence electrons. The Morgan fingerprint density at radius 2 is 2.24 bits per heavy atom. The molecule has 0 aromatic heterocycles. The van der Waals surface area contributed by atoms with Crippen LogP contribution in [0, 0.1) is 0 Å². The zero-order valence-corrected chi connectivity index (χ0v) is 11.1. The predicted molar refractivity (Wildman–Crippen MR) is 70.2 cm³/mol. The van der Waals surface area contributed by atoms with Crippen molar-refractivity contribution in [1.82, 2.24) is 5.32 Å². The smallest absolute Gasteiger partial charge is 0.304 e. The monoisotopic (exact) mass is 297 g/mol. The Morgan fingerprint density at radius 1 is 1.47 bits per heavy atom. The van der Waals surface area contributed by atoms with Crippen LogP contribution >= 0.6 is 15.9 Å². The van der Waals surface area contributed by atoms with Crippen LogP contribution in [0.4, 0.5) is 0 Å². The molecule has 2 rings (SSSR count). The van der Waals surface area contributed by atoms with Crippen LogP contribution in [-0.4, -0.2) is 23.7 Å². The van der Waals surface area contributed by atoms with Gasteiger partial charge < -0.3 is 10.4 Å². The van der Waals surface area contributed by atoms with Gasteiger partial charge in [-0.1, -0.05) is 28.1 Å². The summed E-state index contributed by atoms with van der Waals surface area (Å²) in [5, 5.41) is 11.8. The van der Waals surface area contributed by atoms with Crippen LogP contribution in [-0.2, 0) is 4.79 Å². The van der Waals surface area contributed by atoms with E-state index in [0.717, 1.165) is 17.3 Å². The van der Waals surface area contributed by atoms with Crippen LogP contribution < -0.4 is 5.32 Å². The largest absolute Gasteiger partial charge is 0.481 e. The van der Waals surface area contributed by atoms with Gasteiger partial charge in [-0.2, -0.15) is 0 Å². The second-order valence-corrected chi connectivity index (χ2v) is 5.43. The zero-order valence-electron chi connectivity index (χ0n) is 9.53. The van der Waals surface area contributed by atoms with E-state index in [0.29, 0.717) is 18.5 Å². The fourth-order valence-corrected chi connectivity index (χ4v) is 2.62. The Morgan fingerprint density at radius 3 is 2.88 bits per heavy atom. The standard InChI is InChI=1S/C13H16BrNO2/c14-11-3-1-2-9(6-11)10-7-12(8-10)15-5-4-13(16)17/h1-3,6,10,12,15H,4-5,7-8H2,(H,16,17). The first-order chi connectivity index (χ1) is 8.15. The molecule has 0 heterocycles. The number of halogens is 1. The minimum Gasteiger partial charge on any atom is -0.481 e. The van der Waals surface area contributed by atoms with Crippen molar-refractivity contribution in [1.29, 1.82) is 0 Å². The molecule has 1 aliphatic rings. The number of carboxylic acids is 1. The van der Waals surface area contributed by atoms with E-state index in [-0.39, 0.29) is 6.42 Å². The lowest BCUT2D eigenvalue weighted by Crippen LogP contribution is -2.40. The number of hydrogen-bond acceptors (Lipinski definition) is 2. The van der Waals surface area contributed by atoms with Crippen LogP contribution in [0.25, 0.3) is 0 Å². The maximum Gasteiger partial charge on any atom is 0.304 e. The number of carbonyl (C=O) groups is 1. The topological polar surface area (TPSA) is 49.3 Å². The Labute approximate surface area is 109 Å². The van der Waals surface area contributed by atoms with Crippen molar-refractivity contribution in [2.45, 2.75) is 31.2 Å². The Bertz CT molecular complexity index is 402. The van der Waals surface area contributed by atoms with Gasteiger partial charge in [0, 0.05) is 17.1 Å². The number of rotatable bonds is 5. The molecule has 0 unspecified atom stereocenters. The van der Waals surface area contributed by atoms with Gasteiger partial charge in [0.25, 0.3) is 0 Å². The van der Waals surface area contributed by atoms with Gasteiger partial charge in [0.05, 0.1) is 6.42 Å². The summed E-state index contributed by atoms with van der Waals surface area (Å²) in [6.45, 7) is 0.575. The van der Waals surface area contributed by atoms with Crippen LogP contribution in [0.3, 0.4) is 0 Å². The first-order valence-electron chi connectivity index (χ1n) is 5.86. The molecule has 0 radical (unpaired) electrons. The number of carboxylic acid groups (broad SMARTS) is 1. The SMILES string of the molecule is O=C(O)CCNC1CC(c2cccc(Br)c2)C1. The maximum absolute atomic E-state index is 10.4. The summed E-state index contributed by atoms with van der Waals surface area (Å²) in [5.41, 5.74) is 1.37. The molecule has 0 aliphatic heterocycles. The Balaban J connectivity index is 1.73. The highest BCUT2D eigenvalue weighted by atomic mass is 79.9. The highest BCUT2D eigenvalue weighted by molar-refractivity contribution is 9.10. The number of hydrogen-bond donors (Lipinski definition) is 2. The summed E-state index contributed by atoms with van der Waals surface area (Å²) in [6, 6.07) is 8.90. The first-order valence-corrected chi connectivity index (χ1v) is 6.65. The fourth-order valence-electron chi connectivity index (χ4n) is 2.20. The van der Waals surface area contributed by atoms with Gasteiger partial charge in [-0.3, -0.25) is 4.79 Å². The summed E-state index contributed by atoms with van der Waals surface area (Å²) >= 11 is 3.48. The summed E-state index contributed by atoms with van der Waals surface area (Å²) in [4.78, 5) is 10.4. The van der Waals surface area contributed by atoms with E-state index in [4.69, 9.17) is 5.11 Å². The molecule has 3 nitrogen and oxygen atoms in total. The molecule has 1 fully saturated rings. The number of benzene rings is 1. The fraction of sp³-hybridized carbons (Fsp3) is 0.462. The van der Waals surface area contributed by atoms with Crippen molar-refractivity contribution in [2.24, 2.45) is 0 Å². The van der Waals surface area contributed by atoms with Crippen LogP contribution in [0.5, 0.6) is 0 Å². The third-order valence-electron chi connectivity index (χ3n) is 3.23. The number of aliphatic carboxylic acids is 1. The van der Waals surface area contributed by atoms with Crippen LogP contribution in [0.2, 0.25) is 0 Å². The second-order valence-electron chi connectivity index (χ2n) is 4.52. The molecule has 0 bridgehead atoms. The molecular formula is C13H16BrNO2. The van der Waals surface area contributed by atoms with Gasteiger partial charge in [0.1, 0.15) is 0 Å². The van der Waals surface area contributed by atoms with Crippen LogP contribution in [0.1, 0.15) is 30.7 Å². The number of nitrogens with one attached hydrogen (secondary N) is 1. The summed E-state index contributed by atoms with van der Waals surface area (Å²) in [5.74, 6) is -0.116. The summed E-state index contributed by atoms with van der Waals surface area (Å²) in [7, 11) is 0. The van der Waals surface area contributed by atoms with E-state index in [1.54, 1.807) is 0 Å². The molecule has 1 aromatic rings. The average Bonchev–Trinajstić information content (AvgIpc) is 2.21. The molecule has 2 N–H and O–H groups in total. The first kappa shape index (κ1) is 12.6. The van der Waals surface area contributed by atoms with E-state index in [1.165, 1.54) is 5.56 Å². The van der Waals surface area contributed by atoms with E-state index < -0.39 is 5.97 Å². The quantitative estimate of drug-likeness (QED) is 0.879. The van der Waals surface area contributed by atoms with Crippen molar-refractivity contribution < 1.29 is 9.90 Å². The van der Waals surface area contributed by atoms with Crippen molar-refractivity contribution in [3.05, 3.63) is 34.3 Å². The van der Waals surface area contributed by atoms with Crippen molar-refractivity contribution in [2.75, 3.05) is 6.54 Å². The normalized spacial score (nSPS) is 23.1. The lowest BCUT2D eigenvalue weighted by atomic mass is 9.76. The van der Waals surface area contributed by atoms with Crippen LogP contribution in [0.15, 0.2) is 28.7 Å². The molecule has 0 saturated heterocycles. The van der Waals surface area contributed by atoms with Crippen molar-refractivity contribution >= 4 is 21.9 Å². The third-order valence-corrected chi connectivity index (χ3v) is 3.72. The zero-order chi connectivity index (χ0) is 12.3. The molecule has 17 heavy (non-hydrogen) atoms. The highest BCUT2D eigenvalue weighted by Crippen LogP contribution is 2.37. The van der Waals surface area contributed by atoms with E-state index in [2.05, 4.69) is 39.4 Å². The average molecular weight is 298 g/mol. The van der Waals surface area contributed by atoms with E-state index in [1.807, 2.05) is 6.07 Å². The van der Waals surface area contributed by atoms with Gasteiger partial charge in [0.2, 0.25) is 0 Å². The Hall–Kier alpha value is -0.870. The Kier molecular flexibility index (Phi) is 4.18. The predicted octanol–water partition coefficient (Wildman–Crippen LogP) is 2.76. The molecule has 1 aliphatic carbocycles. The third kappa shape index (κ3) is 3.54. The summed E-state index contributed by atoms with van der Waals surface area (Å²) in [6.07, 6.45) is 2.42. The summed E-state index contributed by atoms with van der Waals surface area (Å²) < 4.78 is 1.12. The highest BCUT2D eigenvalue weighted by Gasteiger charge is 2.29. The molecule has 0 atom stereocenters. The van der Waals surface area contributed by atoms with Gasteiger partial charge >= 0.3 is 5.97 Å². The molecule has 1 saturated carbocycles. The van der Waals surface area contributed by atoms with E-state index >= 15 is 0 Å². The van der Waals surface area contributed by atoms with Gasteiger partial charge in [-0.25, -0.2) is 0 Å².